The number of nitrogens with zero attached hydrogens (tertiary/aromatic N) is 3. The van der Waals surface area contributed by atoms with Gasteiger partial charge >= 0.3 is 0 Å². The number of halogens is 2. The third-order valence-corrected chi connectivity index (χ3v) is 8.38. The minimum Gasteiger partial charge on any atom is -0.489 e. The number of aryl methyl sites for hydroxylation is 1. The fraction of sp³-hybridized carbons (Fsp3) is 0.214. The molecule has 0 bridgehead atoms. The van der Waals surface area contributed by atoms with Crippen molar-refractivity contribution in [3.8, 4) is 11.8 Å². The molecule has 182 valence electrons. The van der Waals surface area contributed by atoms with Crippen LogP contribution in [0.4, 0.5) is 5.69 Å². The molecule has 5 rings (SSSR count). The highest BCUT2D eigenvalue weighted by Crippen LogP contribution is 2.43. The summed E-state index contributed by atoms with van der Waals surface area (Å²) in [6.45, 7) is 2.72. The average Bonchev–Trinajstić information content (AvgIpc) is 2.90. The Morgan fingerprint density at radius 2 is 1.86 bits per heavy atom. The van der Waals surface area contributed by atoms with Gasteiger partial charge in [-0.1, -0.05) is 71.4 Å². The lowest BCUT2D eigenvalue weighted by atomic mass is 9.86. The number of hydrogen-bond acceptors (Lipinski definition) is 5. The van der Waals surface area contributed by atoms with Crippen LogP contribution in [0, 0.1) is 18.3 Å². The molecule has 0 spiro atoms. The van der Waals surface area contributed by atoms with Gasteiger partial charge < -0.3 is 9.64 Å². The summed E-state index contributed by atoms with van der Waals surface area (Å²) < 4.78 is 5.89. The zero-order chi connectivity index (χ0) is 25.2. The number of nitriles is 1. The largest absolute Gasteiger partial charge is 0.489 e. The molecule has 5 nitrogen and oxygen atoms in total. The molecular formula is C28H23Cl2N3O2S. The SMILES string of the molecule is Cc1ccc(N2CSC3=C(C#N)[C@H](c4ccc(OCc5ccccc5Cl)cc4)CC(=O)N3C2)cc1Cl. The van der Waals surface area contributed by atoms with E-state index in [0.717, 1.165) is 27.4 Å². The van der Waals surface area contributed by atoms with Crippen LogP contribution < -0.4 is 9.64 Å². The van der Waals surface area contributed by atoms with Crippen molar-refractivity contribution < 1.29 is 9.53 Å². The van der Waals surface area contributed by atoms with Gasteiger partial charge in [0.15, 0.2) is 0 Å². The fourth-order valence-corrected chi connectivity index (χ4v) is 5.89. The summed E-state index contributed by atoms with van der Waals surface area (Å²) >= 11 is 14.0. The molecule has 0 N–H and O–H groups in total. The van der Waals surface area contributed by atoms with Crippen molar-refractivity contribution in [3.05, 3.63) is 104 Å². The molecule has 0 unspecified atom stereocenters. The van der Waals surface area contributed by atoms with E-state index in [4.69, 9.17) is 27.9 Å². The van der Waals surface area contributed by atoms with Gasteiger partial charge in [0.05, 0.1) is 29.2 Å². The van der Waals surface area contributed by atoms with Crippen molar-refractivity contribution >= 4 is 46.6 Å². The van der Waals surface area contributed by atoms with Crippen LogP contribution in [0.25, 0.3) is 0 Å². The number of anilines is 1. The summed E-state index contributed by atoms with van der Waals surface area (Å²) in [6.07, 6.45) is 0.245. The molecule has 1 saturated heterocycles. The molecule has 2 heterocycles. The van der Waals surface area contributed by atoms with E-state index < -0.39 is 0 Å². The van der Waals surface area contributed by atoms with Gasteiger partial charge in [0.1, 0.15) is 12.4 Å². The maximum atomic E-state index is 13.2. The fourth-order valence-electron chi connectivity index (χ4n) is 4.36. The van der Waals surface area contributed by atoms with E-state index in [1.165, 1.54) is 11.8 Å². The number of benzene rings is 3. The Hall–Kier alpha value is -3.11. The van der Waals surface area contributed by atoms with Crippen LogP contribution in [0.15, 0.2) is 77.3 Å². The minimum absolute atomic E-state index is 0.00320. The second-order valence-corrected chi connectivity index (χ2v) is 10.5. The zero-order valence-electron chi connectivity index (χ0n) is 19.6. The molecule has 2 aliphatic rings. The van der Waals surface area contributed by atoms with Crippen molar-refractivity contribution in [1.82, 2.24) is 4.90 Å². The van der Waals surface area contributed by atoms with Crippen molar-refractivity contribution in [2.24, 2.45) is 0 Å². The van der Waals surface area contributed by atoms with Gasteiger partial charge in [0.25, 0.3) is 0 Å². The lowest BCUT2D eigenvalue weighted by Gasteiger charge is -2.42. The predicted molar refractivity (Wildman–Crippen MR) is 145 cm³/mol. The van der Waals surface area contributed by atoms with Crippen LogP contribution in [-0.4, -0.2) is 23.4 Å². The minimum atomic E-state index is -0.278. The number of carbonyl (C=O) groups excluding carboxylic acids is 1. The van der Waals surface area contributed by atoms with E-state index in [0.29, 0.717) is 40.5 Å². The normalized spacial score (nSPS) is 17.6. The Morgan fingerprint density at radius 1 is 1.08 bits per heavy atom. The smallest absolute Gasteiger partial charge is 0.229 e. The highest BCUT2D eigenvalue weighted by molar-refractivity contribution is 8.03. The predicted octanol–water partition coefficient (Wildman–Crippen LogP) is 7.10. The highest BCUT2D eigenvalue weighted by Gasteiger charge is 2.38. The molecule has 1 amide bonds. The van der Waals surface area contributed by atoms with E-state index in [2.05, 4.69) is 11.0 Å². The first-order valence-electron chi connectivity index (χ1n) is 11.5. The molecule has 0 aromatic heterocycles. The standard InChI is InChI=1S/C28H23Cl2N3O2S/c1-18-6-9-21(12-26(18)30)32-16-33-27(34)13-23(24(14-31)28(33)36-17-32)19-7-10-22(11-8-19)35-15-20-4-2-3-5-25(20)29/h2-12,23H,13,15-17H2,1H3/t23-/m0/s1. The van der Waals surface area contributed by atoms with E-state index in [1.807, 2.05) is 73.7 Å². The van der Waals surface area contributed by atoms with Crippen LogP contribution in [0.5, 0.6) is 5.75 Å². The molecule has 36 heavy (non-hydrogen) atoms. The second-order valence-electron chi connectivity index (χ2n) is 8.75. The van der Waals surface area contributed by atoms with Crippen molar-refractivity contribution in [2.75, 3.05) is 17.4 Å². The van der Waals surface area contributed by atoms with Crippen LogP contribution in [0.3, 0.4) is 0 Å². The highest BCUT2D eigenvalue weighted by atomic mass is 35.5. The monoisotopic (exact) mass is 535 g/mol. The van der Waals surface area contributed by atoms with Gasteiger partial charge in [0.2, 0.25) is 5.91 Å². The number of rotatable bonds is 5. The first-order chi connectivity index (χ1) is 17.4. The van der Waals surface area contributed by atoms with Gasteiger partial charge in [0, 0.05) is 33.6 Å². The number of ether oxygens (including phenoxy) is 1. The molecule has 0 saturated carbocycles. The van der Waals surface area contributed by atoms with Crippen LogP contribution in [0.2, 0.25) is 10.0 Å². The van der Waals surface area contributed by atoms with Gasteiger partial charge in [-0.2, -0.15) is 5.26 Å². The number of amides is 1. The van der Waals surface area contributed by atoms with E-state index in [9.17, 15) is 10.1 Å². The molecular weight excluding hydrogens is 513 g/mol. The summed E-state index contributed by atoms with van der Waals surface area (Å²) in [5.74, 6) is 1.06. The molecule has 3 aromatic carbocycles. The molecule has 3 aromatic rings. The molecule has 0 radical (unpaired) electrons. The summed E-state index contributed by atoms with van der Waals surface area (Å²) in [7, 11) is 0. The quantitative estimate of drug-likeness (QED) is 0.348. The Kier molecular flexibility index (Phi) is 7.15. The van der Waals surface area contributed by atoms with E-state index in [1.54, 1.807) is 4.90 Å². The van der Waals surface area contributed by atoms with Crippen molar-refractivity contribution in [2.45, 2.75) is 25.9 Å². The summed E-state index contributed by atoms with van der Waals surface area (Å²) in [5.41, 5.74) is 4.43. The van der Waals surface area contributed by atoms with Gasteiger partial charge in [-0.25, -0.2) is 0 Å². The average molecular weight is 536 g/mol. The zero-order valence-corrected chi connectivity index (χ0v) is 21.9. The van der Waals surface area contributed by atoms with Crippen LogP contribution in [-0.2, 0) is 11.4 Å². The number of carbonyl (C=O) groups is 1. The molecule has 2 aliphatic heterocycles. The summed E-state index contributed by atoms with van der Waals surface area (Å²) in [4.78, 5) is 17.0. The molecule has 1 atom stereocenters. The Morgan fingerprint density at radius 3 is 2.58 bits per heavy atom. The molecule has 1 fully saturated rings. The first kappa shape index (κ1) is 24.6. The van der Waals surface area contributed by atoms with E-state index >= 15 is 0 Å². The van der Waals surface area contributed by atoms with Crippen molar-refractivity contribution in [3.63, 3.8) is 0 Å². The third-order valence-electron chi connectivity index (χ3n) is 6.45. The summed E-state index contributed by atoms with van der Waals surface area (Å²) in [6, 6.07) is 23.5. The topological polar surface area (TPSA) is 56.6 Å². The lowest BCUT2D eigenvalue weighted by Crippen LogP contribution is -2.47. The number of thioether (sulfide) groups is 1. The Labute approximate surface area is 224 Å². The number of allylic oxidation sites excluding steroid dienone is 1. The maximum absolute atomic E-state index is 13.2. The van der Waals surface area contributed by atoms with Gasteiger partial charge in [-0.05, 0) is 48.4 Å². The maximum Gasteiger partial charge on any atom is 0.229 e. The Balaban J connectivity index is 1.33. The van der Waals surface area contributed by atoms with Crippen LogP contribution >= 0.6 is 35.0 Å². The van der Waals surface area contributed by atoms with Crippen molar-refractivity contribution in [1.29, 1.82) is 5.26 Å². The lowest BCUT2D eigenvalue weighted by molar-refractivity contribution is -0.129. The van der Waals surface area contributed by atoms with Gasteiger partial charge in [-0.15, -0.1) is 0 Å². The Bertz CT molecular complexity index is 1380. The molecule has 0 aliphatic carbocycles. The van der Waals surface area contributed by atoms with Crippen LogP contribution in [0.1, 0.15) is 29.0 Å². The summed E-state index contributed by atoms with van der Waals surface area (Å²) in [5, 5.41) is 12.2. The number of fused-ring (bicyclic) bond motifs is 1. The first-order valence-corrected chi connectivity index (χ1v) is 13.2. The molecule has 8 heteroatoms. The van der Waals surface area contributed by atoms with E-state index in [-0.39, 0.29) is 18.2 Å². The number of hydrogen-bond donors (Lipinski definition) is 0. The third kappa shape index (κ3) is 4.92. The second kappa shape index (κ2) is 10.5. The van der Waals surface area contributed by atoms with Gasteiger partial charge in [-0.3, -0.25) is 9.69 Å².